The van der Waals surface area contributed by atoms with Gasteiger partial charge in [-0.2, -0.15) is 0 Å². The van der Waals surface area contributed by atoms with Crippen molar-refractivity contribution in [1.29, 1.82) is 0 Å². The first kappa shape index (κ1) is 13.8. The number of methoxy groups -OCH3 is 1. The standard InChI is InChI=1S/C12H15ClFNO2/c1-8(13)7-15(2)12(16)9-4-5-11(17-3)10(14)6-9/h4-6,8H,7H2,1-3H3. The molecule has 1 aromatic carbocycles. The Kier molecular flexibility index (Phi) is 4.75. The Bertz CT molecular complexity index is 409. The smallest absolute Gasteiger partial charge is 0.253 e. The molecule has 0 aliphatic heterocycles. The molecule has 5 heteroatoms. The van der Waals surface area contributed by atoms with E-state index in [1.54, 1.807) is 14.0 Å². The molecule has 3 nitrogen and oxygen atoms in total. The molecule has 1 amide bonds. The highest BCUT2D eigenvalue weighted by Crippen LogP contribution is 2.18. The SMILES string of the molecule is COc1ccc(C(=O)N(C)CC(C)Cl)cc1F. The van der Waals surface area contributed by atoms with Gasteiger partial charge in [-0.1, -0.05) is 0 Å². The fourth-order valence-corrected chi connectivity index (χ4v) is 1.69. The van der Waals surface area contributed by atoms with Crippen molar-refractivity contribution in [1.82, 2.24) is 4.90 Å². The molecule has 0 radical (unpaired) electrons. The number of hydrogen-bond acceptors (Lipinski definition) is 2. The Morgan fingerprint density at radius 1 is 1.59 bits per heavy atom. The van der Waals surface area contributed by atoms with Crippen LogP contribution in [0.15, 0.2) is 18.2 Å². The van der Waals surface area contributed by atoms with Gasteiger partial charge in [-0.3, -0.25) is 4.79 Å². The number of rotatable bonds is 4. The zero-order valence-electron chi connectivity index (χ0n) is 10.0. The summed E-state index contributed by atoms with van der Waals surface area (Å²) in [5.41, 5.74) is 0.281. The molecule has 1 aromatic rings. The zero-order valence-corrected chi connectivity index (χ0v) is 10.8. The van der Waals surface area contributed by atoms with Crippen molar-refractivity contribution in [3.05, 3.63) is 29.6 Å². The zero-order chi connectivity index (χ0) is 13.0. The quantitative estimate of drug-likeness (QED) is 0.778. The molecule has 0 saturated carbocycles. The van der Waals surface area contributed by atoms with Gasteiger partial charge in [0, 0.05) is 24.5 Å². The normalized spacial score (nSPS) is 12.1. The number of halogens is 2. The van der Waals surface area contributed by atoms with Crippen molar-refractivity contribution in [2.45, 2.75) is 12.3 Å². The van der Waals surface area contributed by atoms with E-state index < -0.39 is 5.82 Å². The molecule has 1 unspecified atom stereocenters. The third-order valence-corrected chi connectivity index (χ3v) is 2.41. The average Bonchev–Trinajstić information content (AvgIpc) is 2.27. The van der Waals surface area contributed by atoms with Crippen LogP contribution in [0.2, 0.25) is 0 Å². The molecule has 0 aliphatic rings. The van der Waals surface area contributed by atoms with Crippen LogP contribution in [-0.4, -0.2) is 36.9 Å². The van der Waals surface area contributed by atoms with Gasteiger partial charge in [0.15, 0.2) is 11.6 Å². The summed E-state index contributed by atoms with van der Waals surface area (Å²) >= 11 is 5.80. The molecule has 0 N–H and O–H groups in total. The van der Waals surface area contributed by atoms with E-state index in [0.29, 0.717) is 6.54 Å². The van der Waals surface area contributed by atoms with Gasteiger partial charge < -0.3 is 9.64 Å². The lowest BCUT2D eigenvalue weighted by atomic mass is 10.2. The maximum atomic E-state index is 13.4. The van der Waals surface area contributed by atoms with Crippen LogP contribution in [0, 0.1) is 5.82 Å². The number of benzene rings is 1. The van der Waals surface area contributed by atoms with E-state index >= 15 is 0 Å². The van der Waals surface area contributed by atoms with Crippen molar-refractivity contribution < 1.29 is 13.9 Å². The van der Waals surface area contributed by atoms with Gasteiger partial charge in [0.2, 0.25) is 0 Å². The van der Waals surface area contributed by atoms with Crippen LogP contribution < -0.4 is 4.74 Å². The molecule has 0 aromatic heterocycles. The summed E-state index contributed by atoms with van der Waals surface area (Å²) in [6, 6.07) is 4.12. The number of nitrogens with zero attached hydrogens (tertiary/aromatic N) is 1. The summed E-state index contributed by atoms with van der Waals surface area (Å²) in [4.78, 5) is 13.3. The van der Waals surface area contributed by atoms with Gasteiger partial charge in [-0.15, -0.1) is 11.6 Å². The maximum Gasteiger partial charge on any atom is 0.253 e. The Balaban J connectivity index is 2.86. The summed E-state index contributed by atoms with van der Waals surface area (Å²) in [6.07, 6.45) is 0. The summed E-state index contributed by atoms with van der Waals surface area (Å²) in [5, 5.41) is -0.146. The fraction of sp³-hybridized carbons (Fsp3) is 0.417. The third kappa shape index (κ3) is 3.60. The number of carbonyl (C=O) groups is 1. The molecule has 0 fully saturated rings. The molecular formula is C12H15ClFNO2. The first-order valence-electron chi connectivity index (χ1n) is 5.18. The van der Waals surface area contributed by atoms with Crippen LogP contribution in [0.4, 0.5) is 4.39 Å². The number of hydrogen-bond donors (Lipinski definition) is 0. The lowest BCUT2D eigenvalue weighted by Crippen LogP contribution is -2.31. The first-order chi connectivity index (χ1) is 7.95. The van der Waals surface area contributed by atoms with Gasteiger partial charge in [0.1, 0.15) is 0 Å². The average molecular weight is 260 g/mol. The Morgan fingerprint density at radius 2 is 2.24 bits per heavy atom. The van der Waals surface area contributed by atoms with Crippen molar-refractivity contribution in [3.63, 3.8) is 0 Å². The van der Waals surface area contributed by atoms with Crippen LogP contribution in [0.25, 0.3) is 0 Å². The molecular weight excluding hydrogens is 245 g/mol. The molecule has 1 rings (SSSR count). The minimum atomic E-state index is -0.550. The minimum Gasteiger partial charge on any atom is -0.494 e. The summed E-state index contributed by atoms with van der Waals surface area (Å²) in [5.74, 6) is -0.695. The van der Waals surface area contributed by atoms with Crippen LogP contribution >= 0.6 is 11.6 Å². The van der Waals surface area contributed by atoms with Crippen molar-refractivity contribution in [2.24, 2.45) is 0 Å². The van der Waals surface area contributed by atoms with Crippen molar-refractivity contribution in [2.75, 3.05) is 20.7 Å². The Labute approximate surface area is 105 Å². The summed E-state index contributed by atoms with van der Waals surface area (Å²) < 4.78 is 18.2. The first-order valence-corrected chi connectivity index (χ1v) is 5.62. The molecule has 0 aliphatic carbocycles. The monoisotopic (exact) mass is 259 g/mol. The number of alkyl halides is 1. The van der Waals surface area contributed by atoms with Crippen LogP contribution in [0.5, 0.6) is 5.75 Å². The third-order valence-electron chi connectivity index (χ3n) is 2.27. The van der Waals surface area contributed by atoms with Crippen molar-refractivity contribution >= 4 is 17.5 Å². The molecule has 0 saturated heterocycles. The second-order valence-electron chi connectivity index (χ2n) is 3.82. The van der Waals surface area contributed by atoms with E-state index in [1.165, 1.54) is 24.1 Å². The van der Waals surface area contributed by atoms with Crippen LogP contribution in [0.3, 0.4) is 0 Å². The van der Waals surface area contributed by atoms with E-state index in [1.807, 2.05) is 0 Å². The highest BCUT2D eigenvalue weighted by molar-refractivity contribution is 6.20. The summed E-state index contributed by atoms with van der Waals surface area (Å²) in [7, 11) is 3.00. The van der Waals surface area contributed by atoms with Gasteiger partial charge in [-0.25, -0.2) is 4.39 Å². The van der Waals surface area contributed by atoms with Crippen molar-refractivity contribution in [3.8, 4) is 5.75 Å². The largest absolute Gasteiger partial charge is 0.494 e. The molecule has 94 valence electrons. The van der Waals surface area contributed by atoms with Gasteiger partial charge >= 0.3 is 0 Å². The van der Waals surface area contributed by atoms with E-state index in [9.17, 15) is 9.18 Å². The molecule has 0 spiro atoms. The van der Waals surface area contributed by atoms with Gasteiger partial charge in [-0.05, 0) is 25.1 Å². The molecule has 0 heterocycles. The molecule has 0 bridgehead atoms. The highest BCUT2D eigenvalue weighted by atomic mass is 35.5. The van der Waals surface area contributed by atoms with E-state index in [2.05, 4.69) is 0 Å². The topological polar surface area (TPSA) is 29.5 Å². The van der Waals surface area contributed by atoms with E-state index in [4.69, 9.17) is 16.3 Å². The number of amides is 1. The Hall–Kier alpha value is -1.29. The van der Waals surface area contributed by atoms with Crippen LogP contribution in [-0.2, 0) is 0 Å². The predicted octanol–water partition coefficient (Wildman–Crippen LogP) is 2.53. The fourth-order valence-electron chi connectivity index (χ4n) is 1.48. The van der Waals surface area contributed by atoms with E-state index in [0.717, 1.165) is 6.07 Å². The minimum absolute atomic E-state index is 0.120. The van der Waals surface area contributed by atoms with Gasteiger partial charge in [0.25, 0.3) is 5.91 Å². The second-order valence-corrected chi connectivity index (χ2v) is 4.56. The lowest BCUT2D eigenvalue weighted by Gasteiger charge is -2.18. The van der Waals surface area contributed by atoms with Crippen LogP contribution in [0.1, 0.15) is 17.3 Å². The lowest BCUT2D eigenvalue weighted by molar-refractivity contribution is 0.0795. The Morgan fingerprint density at radius 3 is 2.71 bits per heavy atom. The maximum absolute atomic E-state index is 13.4. The highest BCUT2D eigenvalue weighted by Gasteiger charge is 2.15. The molecule has 17 heavy (non-hydrogen) atoms. The molecule has 1 atom stereocenters. The number of carbonyl (C=O) groups excluding carboxylic acids is 1. The number of ether oxygens (including phenoxy) is 1. The van der Waals surface area contributed by atoms with E-state index in [-0.39, 0.29) is 22.6 Å². The summed E-state index contributed by atoms with van der Waals surface area (Å²) in [6.45, 7) is 2.20. The second kappa shape index (κ2) is 5.87. The predicted molar refractivity (Wildman–Crippen MR) is 65.2 cm³/mol. The van der Waals surface area contributed by atoms with Gasteiger partial charge in [0.05, 0.1) is 7.11 Å².